The van der Waals surface area contributed by atoms with Crippen LogP contribution in [0, 0.1) is 13.8 Å². The van der Waals surface area contributed by atoms with E-state index in [4.69, 9.17) is 0 Å². The van der Waals surface area contributed by atoms with Crippen molar-refractivity contribution in [2.24, 2.45) is 0 Å². The summed E-state index contributed by atoms with van der Waals surface area (Å²) in [5.41, 5.74) is 4.33. The SMILES string of the molecule is CCc1ccccc1Nc1cc(C(=O)Nc2cccc(C)c2)nc(C)n1. The second-order valence-corrected chi connectivity index (χ2v) is 6.14. The topological polar surface area (TPSA) is 66.9 Å². The number of amides is 1. The van der Waals surface area contributed by atoms with Crippen LogP contribution in [0.15, 0.2) is 54.6 Å². The van der Waals surface area contributed by atoms with Gasteiger partial charge in [0.05, 0.1) is 0 Å². The molecular formula is C21H22N4O. The molecule has 0 fully saturated rings. The molecule has 0 aliphatic carbocycles. The molecule has 0 spiro atoms. The third-order valence-corrected chi connectivity index (χ3v) is 4.01. The third-order valence-electron chi connectivity index (χ3n) is 4.01. The summed E-state index contributed by atoms with van der Waals surface area (Å²) in [4.78, 5) is 21.3. The zero-order chi connectivity index (χ0) is 18.5. The van der Waals surface area contributed by atoms with Gasteiger partial charge in [-0.15, -0.1) is 0 Å². The molecular weight excluding hydrogens is 324 g/mol. The van der Waals surface area contributed by atoms with Gasteiger partial charge in [-0.05, 0) is 49.6 Å². The molecule has 0 aliphatic rings. The Bertz CT molecular complexity index is 937. The van der Waals surface area contributed by atoms with Crippen molar-refractivity contribution < 1.29 is 4.79 Å². The van der Waals surface area contributed by atoms with Gasteiger partial charge < -0.3 is 10.6 Å². The zero-order valence-electron chi connectivity index (χ0n) is 15.2. The summed E-state index contributed by atoms with van der Waals surface area (Å²) < 4.78 is 0. The summed E-state index contributed by atoms with van der Waals surface area (Å²) in [6.07, 6.45) is 0.911. The molecule has 132 valence electrons. The van der Waals surface area contributed by atoms with Crippen LogP contribution in [0.4, 0.5) is 17.2 Å². The fraction of sp³-hybridized carbons (Fsp3) is 0.190. The molecule has 26 heavy (non-hydrogen) atoms. The molecule has 0 unspecified atom stereocenters. The first-order valence-corrected chi connectivity index (χ1v) is 8.64. The number of carbonyl (C=O) groups is 1. The molecule has 2 aromatic carbocycles. The van der Waals surface area contributed by atoms with Crippen LogP contribution >= 0.6 is 0 Å². The van der Waals surface area contributed by atoms with Gasteiger partial charge in [0.15, 0.2) is 0 Å². The van der Waals surface area contributed by atoms with Crippen molar-refractivity contribution in [1.29, 1.82) is 0 Å². The first-order valence-electron chi connectivity index (χ1n) is 8.64. The van der Waals surface area contributed by atoms with E-state index in [0.717, 1.165) is 23.4 Å². The first kappa shape index (κ1) is 17.6. The van der Waals surface area contributed by atoms with Gasteiger partial charge in [-0.1, -0.05) is 37.3 Å². The average molecular weight is 346 g/mol. The molecule has 0 radical (unpaired) electrons. The van der Waals surface area contributed by atoms with Gasteiger partial charge in [0.1, 0.15) is 17.3 Å². The lowest BCUT2D eigenvalue weighted by Gasteiger charge is -2.12. The maximum Gasteiger partial charge on any atom is 0.274 e. The second kappa shape index (κ2) is 7.78. The minimum absolute atomic E-state index is 0.257. The highest BCUT2D eigenvalue weighted by Crippen LogP contribution is 2.21. The van der Waals surface area contributed by atoms with Crippen molar-refractivity contribution in [2.75, 3.05) is 10.6 Å². The minimum atomic E-state index is -0.257. The molecule has 3 aromatic rings. The summed E-state index contributed by atoms with van der Waals surface area (Å²) >= 11 is 0. The van der Waals surface area contributed by atoms with Crippen molar-refractivity contribution in [3.8, 4) is 0 Å². The van der Waals surface area contributed by atoms with E-state index in [9.17, 15) is 4.79 Å². The molecule has 5 heteroatoms. The fourth-order valence-corrected chi connectivity index (χ4v) is 2.75. The van der Waals surface area contributed by atoms with Crippen LogP contribution in [0.5, 0.6) is 0 Å². The lowest BCUT2D eigenvalue weighted by molar-refractivity contribution is 0.102. The molecule has 1 aromatic heterocycles. The van der Waals surface area contributed by atoms with Crippen LogP contribution in [0.3, 0.4) is 0 Å². The largest absolute Gasteiger partial charge is 0.340 e. The number of anilines is 3. The normalized spacial score (nSPS) is 10.4. The number of para-hydroxylation sites is 1. The monoisotopic (exact) mass is 346 g/mol. The Kier molecular flexibility index (Phi) is 5.27. The average Bonchev–Trinajstić information content (AvgIpc) is 2.61. The maximum atomic E-state index is 12.6. The van der Waals surface area contributed by atoms with E-state index in [1.54, 1.807) is 13.0 Å². The van der Waals surface area contributed by atoms with Gasteiger partial charge in [0.2, 0.25) is 0 Å². The number of nitrogens with one attached hydrogen (secondary N) is 2. The predicted octanol–water partition coefficient (Wildman–Crippen LogP) is 4.65. The number of nitrogens with zero attached hydrogens (tertiary/aromatic N) is 2. The highest BCUT2D eigenvalue weighted by Gasteiger charge is 2.12. The van der Waals surface area contributed by atoms with Crippen LogP contribution in [-0.2, 0) is 6.42 Å². The van der Waals surface area contributed by atoms with Crippen LogP contribution in [0.2, 0.25) is 0 Å². The Morgan fingerprint density at radius 3 is 2.58 bits per heavy atom. The predicted molar refractivity (Wildman–Crippen MR) is 105 cm³/mol. The molecule has 3 rings (SSSR count). The number of aromatic nitrogens is 2. The molecule has 2 N–H and O–H groups in total. The summed E-state index contributed by atoms with van der Waals surface area (Å²) in [5, 5.41) is 6.18. The Labute approximate surface area is 153 Å². The number of carbonyl (C=O) groups excluding carboxylic acids is 1. The zero-order valence-corrected chi connectivity index (χ0v) is 15.2. The van der Waals surface area contributed by atoms with Crippen LogP contribution in [0.1, 0.15) is 34.4 Å². The van der Waals surface area contributed by atoms with E-state index < -0.39 is 0 Å². The van der Waals surface area contributed by atoms with E-state index in [0.29, 0.717) is 17.3 Å². The van der Waals surface area contributed by atoms with Crippen LogP contribution in [0.25, 0.3) is 0 Å². The second-order valence-electron chi connectivity index (χ2n) is 6.14. The van der Waals surface area contributed by atoms with Gasteiger partial charge in [0.25, 0.3) is 5.91 Å². The number of aryl methyl sites for hydroxylation is 3. The van der Waals surface area contributed by atoms with E-state index in [-0.39, 0.29) is 5.91 Å². The number of hydrogen-bond donors (Lipinski definition) is 2. The molecule has 0 bridgehead atoms. The third kappa shape index (κ3) is 4.25. The van der Waals surface area contributed by atoms with E-state index in [1.165, 1.54) is 5.56 Å². The van der Waals surface area contributed by atoms with E-state index in [1.807, 2.05) is 49.4 Å². The molecule has 5 nitrogen and oxygen atoms in total. The van der Waals surface area contributed by atoms with Gasteiger partial charge >= 0.3 is 0 Å². The standard InChI is InChI=1S/C21H22N4O/c1-4-16-9-5-6-11-18(16)25-20-13-19(22-15(3)23-20)21(26)24-17-10-7-8-14(2)12-17/h5-13H,4H2,1-3H3,(H,24,26)(H,22,23,25). The van der Waals surface area contributed by atoms with Crippen molar-refractivity contribution in [3.63, 3.8) is 0 Å². The highest BCUT2D eigenvalue weighted by molar-refractivity contribution is 6.03. The molecule has 1 amide bonds. The number of hydrogen-bond acceptors (Lipinski definition) is 4. The van der Waals surface area contributed by atoms with Gasteiger partial charge in [-0.25, -0.2) is 9.97 Å². The first-order chi connectivity index (χ1) is 12.5. The summed E-state index contributed by atoms with van der Waals surface area (Å²) in [5.74, 6) is 0.888. The van der Waals surface area contributed by atoms with Gasteiger partial charge in [-0.2, -0.15) is 0 Å². The fourth-order valence-electron chi connectivity index (χ4n) is 2.75. The van der Waals surface area contributed by atoms with Gasteiger partial charge in [0, 0.05) is 17.4 Å². The lowest BCUT2D eigenvalue weighted by atomic mass is 10.1. The summed E-state index contributed by atoms with van der Waals surface area (Å²) in [6, 6.07) is 17.4. The van der Waals surface area contributed by atoms with Crippen molar-refractivity contribution in [1.82, 2.24) is 9.97 Å². The molecule has 0 atom stereocenters. The van der Waals surface area contributed by atoms with Crippen molar-refractivity contribution >= 4 is 23.1 Å². The summed E-state index contributed by atoms with van der Waals surface area (Å²) in [7, 11) is 0. The maximum absolute atomic E-state index is 12.6. The van der Waals surface area contributed by atoms with Crippen molar-refractivity contribution in [3.05, 3.63) is 77.2 Å². The molecule has 1 heterocycles. The molecule has 0 saturated heterocycles. The van der Waals surface area contributed by atoms with Crippen LogP contribution < -0.4 is 10.6 Å². The summed E-state index contributed by atoms with van der Waals surface area (Å²) in [6.45, 7) is 5.87. The minimum Gasteiger partial charge on any atom is -0.340 e. The van der Waals surface area contributed by atoms with Crippen molar-refractivity contribution in [2.45, 2.75) is 27.2 Å². The van der Waals surface area contributed by atoms with E-state index in [2.05, 4.69) is 33.6 Å². The Hall–Kier alpha value is -3.21. The quantitative estimate of drug-likeness (QED) is 0.705. The highest BCUT2D eigenvalue weighted by atomic mass is 16.1. The Morgan fingerprint density at radius 2 is 1.81 bits per heavy atom. The van der Waals surface area contributed by atoms with Crippen LogP contribution in [-0.4, -0.2) is 15.9 Å². The lowest BCUT2D eigenvalue weighted by Crippen LogP contribution is -2.15. The Morgan fingerprint density at radius 1 is 1.00 bits per heavy atom. The van der Waals surface area contributed by atoms with Gasteiger partial charge in [-0.3, -0.25) is 4.79 Å². The molecule has 0 saturated carbocycles. The number of rotatable bonds is 5. The Balaban J connectivity index is 1.84. The smallest absolute Gasteiger partial charge is 0.274 e. The number of benzene rings is 2. The molecule has 0 aliphatic heterocycles. The van der Waals surface area contributed by atoms with E-state index >= 15 is 0 Å².